The number of aliphatic hydroxyl groups is 1. The number of hydrogen-bond acceptors (Lipinski definition) is 5. The van der Waals surface area contributed by atoms with Crippen LogP contribution < -0.4 is 15.5 Å². The Kier molecular flexibility index (Phi) is 8.33. The van der Waals surface area contributed by atoms with E-state index in [1.807, 2.05) is 54.6 Å². The predicted octanol–water partition coefficient (Wildman–Crippen LogP) is 3.73. The minimum atomic E-state index is -2.03. The number of nitrogens with one attached hydrogen (secondary N) is 2. The average Bonchev–Trinajstić information content (AvgIpc) is 2.80. The van der Waals surface area contributed by atoms with Gasteiger partial charge < -0.3 is 9.84 Å². The van der Waals surface area contributed by atoms with Crippen LogP contribution in [0.25, 0.3) is 17.2 Å². The number of rotatable bonds is 10. The van der Waals surface area contributed by atoms with Crippen LogP contribution in [0, 0.1) is 0 Å². The molecule has 0 heterocycles. The molecule has 0 bridgehead atoms. The molecule has 0 saturated heterocycles. The monoisotopic (exact) mass is 430 g/mol. The van der Waals surface area contributed by atoms with Crippen molar-refractivity contribution >= 4 is 12.0 Å². The summed E-state index contributed by atoms with van der Waals surface area (Å²) in [5, 5.41) is 22.6. The third-order valence-corrected chi connectivity index (χ3v) is 5.75. The number of benzene rings is 2. The van der Waals surface area contributed by atoms with Crippen LogP contribution in [0.15, 0.2) is 54.6 Å². The van der Waals surface area contributed by atoms with Crippen LogP contribution in [-0.2, 0) is 4.79 Å². The maximum absolute atomic E-state index is 14.3. The van der Waals surface area contributed by atoms with Crippen LogP contribution in [0.5, 0.6) is 5.75 Å². The van der Waals surface area contributed by atoms with Gasteiger partial charge in [0.05, 0.1) is 7.11 Å². The summed E-state index contributed by atoms with van der Waals surface area (Å²) in [6.45, 7) is 4.35. The topological polar surface area (TPSA) is 90.8 Å². The number of hydrogen-bond donors (Lipinski definition) is 4. The van der Waals surface area contributed by atoms with Gasteiger partial charge in [0, 0.05) is 6.54 Å². The minimum Gasteiger partial charge on any atom is -0.497 e. The van der Waals surface area contributed by atoms with E-state index in [0.29, 0.717) is 0 Å². The quantitative estimate of drug-likeness (QED) is 0.341. The molecular weight excluding hydrogens is 399 g/mol. The molecule has 168 valence electrons. The Bertz CT molecular complexity index is 881. The first kappa shape index (κ1) is 24.5. The van der Waals surface area contributed by atoms with E-state index in [0.717, 1.165) is 22.4 Å². The zero-order chi connectivity index (χ0) is 23.1. The van der Waals surface area contributed by atoms with E-state index in [9.17, 15) is 14.3 Å². The molecule has 0 spiro atoms. The fraction of sp³-hybridized carbons (Fsp3) is 0.375. The lowest BCUT2D eigenvalue weighted by atomic mass is 9.77. The molecule has 2 aromatic carbocycles. The summed E-state index contributed by atoms with van der Waals surface area (Å²) in [6, 6.07) is 15.7. The highest BCUT2D eigenvalue weighted by Crippen LogP contribution is 2.30. The van der Waals surface area contributed by atoms with Crippen molar-refractivity contribution in [3.8, 4) is 16.9 Å². The predicted molar refractivity (Wildman–Crippen MR) is 120 cm³/mol. The van der Waals surface area contributed by atoms with Crippen molar-refractivity contribution in [2.24, 2.45) is 0 Å². The van der Waals surface area contributed by atoms with Crippen molar-refractivity contribution in [1.29, 1.82) is 0 Å². The Balaban J connectivity index is 2.07. The normalized spacial score (nSPS) is 16.4. The van der Waals surface area contributed by atoms with Gasteiger partial charge in [-0.2, -0.15) is 0 Å². The van der Waals surface area contributed by atoms with Gasteiger partial charge >= 0.3 is 0 Å². The van der Waals surface area contributed by atoms with E-state index >= 15 is 0 Å². The number of hydroxylamine groups is 1. The fourth-order valence-electron chi connectivity index (χ4n) is 3.34. The third-order valence-electron chi connectivity index (χ3n) is 5.75. The summed E-state index contributed by atoms with van der Waals surface area (Å²) in [5.41, 5.74) is 0.834. The second-order valence-electron chi connectivity index (χ2n) is 7.72. The van der Waals surface area contributed by atoms with E-state index < -0.39 is 23.2 Å². The average molecular weight is 431 g/mol. The fourth-order valence-corrected chi connectivity index (χ4v) is 3.34. The molecule has 3 unspecified atom stereocenters. The molecule has 0 aromatic heterocycles. The molecule has 3 atom stereocenters. The summed E-state index contributed by atoms with van der Waals surface area (Å²) in [6.07, 6.45) is 1.99. The number of ether oxygens (including phenoxy) is 1. The van der Waals surface area contributed by atoms with Crippen LogP contribution in [0.1, 0.15) is 32.8 Å². The highest BCUT2D eigenvalue weighted by Gasteiger charge is 2.53. The van der Waals surface area contributed by atoms with E-state index in [2.05, 4.69) is 5.32 Å². The van der Waals surface area contributed by atoms with E-state index in [4.69, 9.17) is 9.94 Å². The standard InChI is InChI=1S/C24H31FN2O4/c1-5-21(25)24(3,29)23(2,22(28)27-30)26-16-6-7-17-8-10-18(11-9-17)19-12-14-20(31-4)15-13-19/h6-15,21,26,29-30H,5,16H2,1-4H3,(H,27,28)/b7-6+. The first-order valence-corrected chi connectivity index (χ1v) is 10.2. The minimum absolute atomic E-state index is 0.0271. The molecule has 7 heteroatoms. The van der Waals surface area contributed by atoms with Crippen molar-refractivity contribution in [3.05, 3.63) is 60.2 Å². The SMILES string of the molecule is CCC(F)C(C)(O)C(C)(NC/C=C/c1ccc(-c2ccc(OC)cc2)cc1)C(=O)NO. The largest absolute Gasteiger partial charge is 0.497 e. The summed E-state index contributed by atoms with van der Waals surface area (Å²) in [4.78, 5) is 12.2. The molecule has 31 heavy (non-hydrogen) atoms. The van der Waals surface area contributed by atoms with Crippen molar-refractivity contribution < 1.29 is 24.2 Å². The number of carbonyl (C=O) groups excluding carboxylic acids is 1. The van der Waals surface area contributed by atoms with Crippen molar-refractivity contribution in [2.75, 3.05) is 13.7 Å². The van der Waals surface area contributed by atoms with Crippen molar-refractivity contribution in [3.63, 3.8) is 0 Å². The molecule has 0 aliphatic heterocycles. The zero-order valence-corrected chi connectivity index (χ0v) is 18.4. The van der Waals surface area contributed by atoms with Crippen LogP contribution in [0.3, 0.4) is 0 Å². The lowest BCUT2D eigenvalue weighted by Gasteiger charge is -2.43. The van der Waals surface area contributed by atoms with Gasteiger partial charge in [0.1, 0.15) is 23.1 Å². The number of carbonyl (C=O) groups is 1. The van der Waals surface area contributed by atoms with Gasteiger partial charge in [-0.25, -0.2) is 9.87 Å². The van der Waals surface area contributed by atoms with Gasteiger partial charge in [0.25, 0.3) is 5.91 Å². The molecule has 1 amide bonds. The van der Waals surface area contributed by atoms with Crippen LogP contribution in [0.2, 0.25) is 0 Å². The number of amides is 1. The highest BCUT2D eigenvalue weighted by molar-refractivity contribution is 5.86. The highest BCUT2D eigenvalue weighted by atomic mass is 19.1. The molecule has 0 saturated carbocycles. The van der Waals surface area contributed by atoms with Crippen LogP contribution in [0.4, 0.5) is 4.39 Å². The summed E-state index contributed by atoms with van der Waals surface area (Å²) < 4.78 is 19.5. The second-order valence-corrected chi connectivity index (χ2v) is 7.72. The Morgan fingerprint density at radius 2 is 1.68 bits per heavy atom. The summed E-state index contributed by atoms with van der Waals surface area (Å²) in [5.74, 6) is -0.111. The van der Waals surface area contributed by atoms with E-state index in [-0.39, 0.29) is 13.0 Å². The summed E-state index contributed by atoms with van der Waals surface area (Å²) in [7, 11) is 1.63. The molecule has 0 aliphatic rings. The molecule has 2 rings (SSSR count). The Labute approximate surface area is 182 Å². The van der Waals surface area contributed by atoms with Gasteiger partial charge in [0.2, 0.25) is 0 Å². The lowest BCUT2D eigenvalue weighted by Crippen LogP contribution is -2.70. The maximum atomic E-state index is 14.3. The number of halogens is 1. The molecule has 2 aromatic rings. The van der Waals surface area contributed by atoms with E-state index in [1.165, 1.54) is 19.3 Å². The van der Waals surface area contributed by atoms with E-state index in [1.54, 1.807) is 20.1 Å². The van der Waals surface area contributed by atoms with Crippen LogP contribution >= 0.6 is 0 Å². The molecule has 0 aliphatic carbocycles. The maximum Gasteiger partial charge on any atom is 0.266 e. The van der Waals surface area contributed by atoms with Gasteiger partial charge in [-0.3, -0.25) is 15.3 Å². The third kappa shape index (κ3) is 5.50. The van der Waals surface area contributed by atoms with Crippen LogP contribution in [-0.4, -0.2) is 47.2 Å². The Morgan fingerprint density at radius 3 is 2.16 bits per heavy atom. The molecule has 0 radical (unpaired) electrons. The molecule has 4 N–H and O–H groups in total. The Morgan fingerprint density at radius 1 is 1.13 bits per heavy atom. The first-order valence-electron chi connectivity index (χ1n) is 10.2. The smallest absolute Gasteiger partial charge is 0.266 e. The number of methoxy groups -OCH3 is 1. The zero-order valence-electron chi connectivity index (χ0n) is 18.4. The van der Waals surface area contributed by atoms with Gasteiger partial charge in [-0.1, -0.05) is 55.5 Å². The first-order chi connectivity index (χ1) is 14.7. The molecule has 6 nitrogen and oxygen atoms in total. The Hall–Kier alpha value is -2.74. The van der Waals surface area contributed by atoms with Gasteiger partial charge in [-0.15, -0.1) is 0 Å². The van der Waals surface area contributed by atoms with Gasteiger partial charge in [-0.05, 0) is 49.1 Å². The van der Waals surface area contributed by atoms with Crippen molar-refractivity contribution in [2.45, 2.75) is 44.5 Å². The summed E-state index contributed by atoms with van der Waals surface area (Å²) >= 11 is 0. The van der Waals surface area contributed by atoms with Gasteiger partial charge in [0.15, 0.2) is 0 Å². The molecular formula is C24H31FN2O4. The molecule has 0 fully saturated rings. The second kappa shape index (κ2) is 10.5. The number of alkyl halides is 1. The lowest BCUT2D eigenvalue weighted by molar-refractivity contribution is -0.154. The van der Waals surface area contributed by atoms with Crippen molar-refractivity contribution in [1.82, 2.24) is 10.8 Å².